The van der Waals surface area contributed by atoms with Gasteiger partial charge in [0.05, 0.1) is 26.1 Å². The lowest BCUT2D eigenvalue weighted by molar-refractivity contribution is -0.919. The third-order valence-electron chi connectivity index (χ3n) is 4.98. The summed E-state index contributed by atoms with van der Waals surface area (Å²) in [4.78, 5) is 25.3. The van der Waals surface area contributed by atoms with E-state index in [0.29, 0.717) is 30.4 Å². The second-order valence-corrected chi connectivity index (χ2v) is 6.53. The molecular formula is C18H25N2O5+. The maximum absolute atomic E-state index is 12.6. The van der Waals surface area contributed by atoms with Crippen LogP contribution in [0.4, 0.5) is 5.69 Å². The van der Waals surface area contributed by atoms with Gasteiger partial charge in [0.2, 0.25) is 0 Å². The Hall–Kier alpha value is -2.28. The second-order valence-electron chi connectivity index (χ2n) is 6.53. The fraction of sp³-hybridized carbons (Fsp3) is 0.556. The van der Waals surface area contributed by atoms with E-state index >= 15 is 0 Å². The number of amides is 1. The van der Waals surface area contributed by atoms with Crippen LogP contribution in [-0.2, 0) is 14.3 Å². The number of nitrogens with one attached hydrogen (secondary N) is 2. The van der Waals surface area contributed by atoms with Crippen molar-refractivity contribution in [3.05, 3.63) is 18.2 Å². The molecule has 1 atom stereocenters. The molecule has 136 valence electrons. The normalized spacial score (nSPS) is 23.4. The van der Waals surface area contributed by atoms with Gasteiger partial charge in [-0.1, -0.05) is 0 Å². The van der Waals surface area contributed by atoms with E-state index in [1.807, 2.05) is 19.1 Å². The van der Waals surface area contributed by atoms with Crippen molar-refractivity contribution in [3.8, 4) is 11.5 Å². The molecule has 0 unspecified atom stereocenters. The standard InChI is InChI=1S/C18H24N2O5/c1-12(20-7-5-13(6-8-20)18(22)23-2)17(21)19-14-3-4-15-16(11-14)25-10-9-24-15/h3-4,11-13H,5-10H2,1-2H3,(H,19,21)/p+1/t12-/m1/s1. The predicted molar refractivity (Wildman–Crippen MR) is 91.0 cm³/mol. The Balaban J connectivity index is 1.55. The Kier molecular flexibility index (Phi) is 5.43. The first-order chi connectivity index (χ1) is 12.1. The third-order valence-corrected chi connectivity index (χ3v) is 4.98. The molecule has 0 spiro atoms. The van der Waals surface area contributed by atoms with E-state index < -0.39 is 0 Å². The monoisotopic (exact) mass is 349 g/mol. The lowest BCUT2D eigenvalue weighted by Gasteiger charge is -2.31. The number of fused-ring (bicyclic) bond motifs is 1. The smallest absolute Gasteiger partial charge is 0.309 e. The van der Waals surface area contributed by atoms with Gasteiger partial charge in [0.1, 0.15) is 13.2 Å². The number of carbonyl (C=O) groups is 2. The van der Waals surface area contributed by atoms with Crippen LogP contribution in [0, 0.1) is 5.92 Å². The van der Waals surface area contributed by atoms with Crippen LogP contribution in [0.2, 0.25) is 0 Å². The van der Waals surface area contributed by atoms with Gasteiger partial charge in [-0.05, 0) is 19.1 Å². The van der Waals surface area contributed by atoms with E-state index in [4.69, 9.17) is 14.2 Å². The topological polar surface area (TPSA) is 78.3 Å². The van der Waals surface area contributed by atoms with Gasteiger partial charge < -0.3 is 24.4 Å². The average molecular weight is 349 g/mol. The maximum Gasteiger partial charge on any atom is 0.309 e. The number of piperidine rings is 1. The maximum atomic E-state index is 12.6. The van der Waals surface area contributed by atoms with Gasteiger partial charge in [-0.2, -0.15) is 0 Å². The number of quaternary nitrogens is 1. The molecule has 7 heteroatoms. The van der Waals surface area contributed by atoms with Crippen molar-refractivity contribution in [2.75, 3.05) is 38.7 Å². The van der Waals surface area contributed by atoms with Gasteiger partial charge in [-0.3, -0.25) is 9.59 Å². The molecule has 3 rings (SSSR count). The minimum absolute atomic E-state index is 0.0387. The Morgan fingerprint density at radius 1 is 1.20 bits per heavy atom. The summed E-state index contributed by atoms with van der Waals surface area (Å²) in [5.74, 6) is 1.13. The highest BCUT2D eigenvalue weighted by Gasteiger charge is 2.33. The van der Waals surface area contributed by atoms with Crippen molar-refractivity contribution < 1.29 is 28.7 Å². The van der Waals surface area contributed by atoms with Crippen molar-refractivity contribution in [1.29, 1.82) is 0 Å². The predicted octanol–water partition coefficient (Wildman–Crippen LogP) is 0.253. The lowest BCUT2D eigenvalue weighted by Crippen LogP contribution is -3.17. The number of methoxy groups -OCH3 is 1. The zero-order valence-corrected chi connectivity index (χ0v) is 14.7. The zero-order chi connectivity index (χ0) is 17.8. The van der Waals surface area contributed by atoms with Crippen molar-refractivity contribution in [3.63, 3.8) is 0 Å². The average Bonchev–Trinajstić information content (AvgIpc) is 2.66. The molecule has 25 heavy (non-hydrogen) atoms. The number of hydrogen-bond donors (Lipinski definition) is 2. The quantitative estimate of drug-likeness (QED) is 0.762. The molecule has 0 aromatic heterocycles. The van der Waals surface area contributed by atoms with Gasteiger partial charge in [0, 0.05) is 24.6 Å². The van der Waals surface area contributed by atoms with Crippen molar-refractivity contribution in [2.24, 2.45) is 5.92 Å². The molecule has 7 nitrogen and oxygen atoms in total. The van der Waals surface area contributed by atoms with Gasteiger partial charge in [-0.25, -0.2) is 0 Å². The van der Waals surface area contributed by atoms with Gasteiger partial charge in [0.15, 0.2) is 17.5 Å². The van der Waals surface area contributed by atoms with E-state index in [1.54, 1.807) is 6.07 Å². The minimum Gasteiger partial charge on any atom is -0.486 e. The SMILES string of the molecule is COC(=O)C1CC[NH+]([C@H](C)C(=O)Nc2ccc3c(c2)OCCO3)CC1. The van der Waals surface area contributed by atoms with E-state index in [1.165, 1.54) is 12.0 Å². The highest BCUT2D eigenvalue weighted by Crippen LogP contribution is 2.32. The highest BCUT2D eigenvalue weighted by molar-refractivity contribution is 5.94. The summed E-state index contributed by atoms with van der Waals surface area (Å²) < 4.78 is 15.8. The Morgan fingerprint density at radius 2 is 1.88 bits per heavy atom. The minimum atomic E-state index is -0.188. The third kappa shape index (κ3) is 4.04. The Morgan fingerprint density at radius 3 is 2.56 bits per heavy atom. The molecular weight excluding hydrogens is 324 g/mol. The number of anilines is 1. The number of benzene rings is 1. The van der Waals surface area contributed by atoms with Crippen LogP contribution in [-0.4, -0.2) is 51.3 Å². The van der Waals surface area contributed by atoms with Gasteiger partial charge in [-0.15, -0.1) is 0 Å². The van der Waals surface area contributed by atoms with E-state index in [2.05, 4.69) is 5.32 Å². The Labute approximate surface area is 147 Å². The largest absolute Gasteiger partial charge is 0.486 e. The number of ether oxygens (including phenoxy) is 3. The molecule has 2 aliphatic rings. The molecule has 1 amide bonds. The van der Waals surface area contributed by atoms with Crippen LogP contribution in [0.3, 0.4) is 0 Å². The summed E-state index contributed by atoms with van der Waals surface area (Å²) in [6, 6.07) is 5.23. The molecule has 0 bridgehead atoms. The van der Waals surface area contributed by atoms with Crippen LogP contribution in [0.1, 0.15) is 19.8 Å². The van der Waals surface area contributed by atoms with Crippen LogP contribution in [0.15, 0.2) is 18.2 Å². The first-order valence-electron chi connectivity index (χ1n) is 8.71. The molecule has 1 aromatic carbocycles. The summed E-state index contributed by atoms with van der Waals surface area (Å²) in [5.41, 5.74) is 0.699. The van der Waals surface area contributed by atoms with E-state index in [0.717, 1.165) is 25.9 Å². The molecule has 0 aliphatic carbocycles. The molecule has 2 aliphatic heterocycles. The number of likely N-dealkylation sites (tertiary alicyclic amines) is 1. The summed E-state index contributed by atoms with van der Waals surface area (Å²) in [7, 11) is 1.42. The number of rotatable bonds is 4. The summed E-state index contributed by atoms with van der Waals surface area (Å²) in [5, 5.41) is 2.95. The van der Waals surface area contributed by atoms with Crippen LogP contribution in [0.25, 0.3) is 0 Å². The number of hydrogen-bond acceptors (Lipinski definition) is 5. The Bertz CT molecular complexity index is 640. The number of carbonyl (C=O) groups excluding carboxylic acids is 2. The van der Waals surface area contributed by atoms with Crippen molar-refractivity contribution >= 4 is 17.6 Å². The van der Waals surface area contributed by atoms with Crippen molar-refractivity contribution in [2.45, 2.75) is 25.8 Å². The van der Waals surface area contributed by atoms with Gasteiger partial charge in [0.25, 0.3) is 5.91 Å². The summed E-state index contributed by atoms with van der Waals surface area (Å²) in [6.07, 6.45) is 1.51. The summed E-state index contributed by atoms with van der Waals surface area (Å²) in [6.45, 7) is 4.55. The molecule has 2 heterocycles. The zero-order valence-electron chi connectivity index (χ0n) is 14.7. The first kappa shape index (κ1) is 17.5. The second kappa shape index (κ2) is 7.74. The lowest BCUT2D eigenvalue weighted by atomic mass is 9.96. The molecule has 1 saturated heterocycles. The molecule has 0 radical (unpaired) electrons. The van der Waals surface area contributed by atoms with E-state index in [-0.39, 0.29) is 23.8 Å². The molecule has 0 saturated carbocycles. The van der Waals surface area contributed by atoms with Crippen LogP contribution >= 0.6 is 0 Å². The molecule has 1 aromatic rings. The molecule has 1 fully saturated rings. The number of esters is 1. The van der Waals surface area contributed by atoms with Crippen LogP contribution < -0.4 is 19.7 Å². The fourth-order valence-corrected chi connectivity index (χ4v) is 3.38. The fourth-order valence-electron chi connectivity index (χ4n) is 3.38. The highest BCUT2D eigenvalue weighted by atomic mass is 16.6. The summed E-state index contributed by atoms with van der Waals surface area (Å²) >= 11 is 0. The van der Waals surface area contributed by atoms with Crippen LogP contribution in [0.5, 0.6) is 11.5 Å². The molecule has 2 N–H and O–H groups in total. The first-order valence-corrected chi connectivity index (χ1v) is 8.71. The van der Waals surface area contributed by atoms with Gasteiger partial charge >= 0.3 is 5.97 Å². The van der Waals surface area contributed by atoms with Crippen molar-refractivity contribution in [1.82, 2.24) is 0 Å². The van der Waals surface area contributed by atoms with E-state index in [9.17, 15) is 9.59 Å².